The van der Waals surface area contributed by atoms with Crippen LogP contribution in [-0.4, -0.2) is 28.8 Å². The van der Waals surface area contributed by atoms with Crippen LogP contribution >= 0.6 is 11.8 Å². The van der Waals surface area contributed by atoms with Crippen molar-refractivity contribution in [1.29, 1.82) is 0 Å². The van der Waals surface area contributed by atoms with Gasteiger partial charge in [-0.2, -0.15) is 11.8 Å². The minimum absolute atomic E-state index is 0.0712. The standard InChI is InChI=1S/C16H20F2O2S/c17-12-1-2-14(18)13(9-12)15(19)11-3-6-20-16(10-11)4-7-21-8-5-16/h1-2,9,11,15,19H,3-8,10H2. The van der Waals surface area contributed by atoms with Gasteiger partial charge >= 0.3 is 0 Å². The first-order valence-electron chi connectivity index (χ1n) is 7.44. The summed E-state index contributed by atoms with van der Waals surface area (Å²) in [6, 6.07) is 3.27. The van der Waals surface area contributed by atoms with Gasteiger partial charge in [0.05, 0.1) is 11.7 Å². The van der Waals surface area contributed by atoms with Crippen molar-refractivity contribution in [2.45, 2.75) is 37.4 Å². The van der Waals surface area contributed by atoms with Crippen molar-refractivity contribution in [3.63, 3.8) is 0 Å². The molecule has 1 aromatic carbocycles. The Morgan fingerprint density at radius 1 is 1.29 bits per heavy atom. The molecule has 21 heavy (non-hydrogen) atoms. The first-order valence-corrected chi connectivity index (χ1v) is 8.60. The Kier molecular flexibility index (Phi) is 4.52. The maximum atomic E-state index is 13.8. The Morgan fingerprint density at radius 2 is 2.05 bits per heavy atom. The summed E-state index contributed by atoms with van der Waals surface area (Å²) in [7, 11) is 0. The second-order valence-corrected chi connectivity index (χ2v) is 7.23. The average molecular weight is 314 g/mol. The van der Waals surface area contributed by atoms with Gasteiger partial charge in [-0.3, -0.25) is 0 Å². The smallest absolute Gasteiger partial charge is 0.129 e. The van der Waals surface area contributed by atoms with Gasteiger partial charge in [-0.25, -0.2) is 8.78 Å². The molecule has 0 bridgehead atoms. The van der Waals surface area contributed by atoms with E-state index in [1.165, 1.54) is 0 Å². The molecule has 2 saturated heterocycles. The summed E-state index contributed by atoms with van der Waals surface area (Å²) in [5.41, 5.74) is -0.0962. The molecule has 3 rings (SSSR count). The second-order valence-electron chi connectivity index (χ2n) is 6.01. The lowest BCUT2D eigenvalue weighted by Crippen LogP contribution is -2.44. The Bertz CT molecular complexity index is 498. The zero-order chi connectivity index (χ0) is 14.9. The van der Waals surface area contributed by atoms with Crippen molar-refractivity contribution in [3.05, 3.63) is 35.4 Å². The number of hydrogen-bond acceptors (Lipinski definition) is 3. The molecule has 0 aromatic heterocycles. The molecule has 5 heteroatoms. The highest BCUT2D eigenvalue weighted by atomic mass is 32.2. The van der Waals surface area contributed by atoms with Gasteiger partial charge in [-0.1, -0.05) is 0 Å². The van der Waals surface area contributed by atoms with E-state index in [1.54, 1.807) is 0 Å². The average Bonchev–Trinajstić information content (AvgIpc) is 2.50. The van der Waals surface area contributed by atoms with Crippen LogP contribution < -0.4 is 0 Å². The van der Waals surface area contributed by atoms with Crippen LogP contribution in [0.25, 0.3) is 0 Å². The third-order valence-electron chi connectivity index (χ3n) is 4.66. The number of hydrogen-bond donors (Lipinski definition) is 1. The van der Waals surface area contributed by atoms with E-state index < -0.39 is 17.7 Å². The molecule has 1 spiro atoms. The Morgan fingerprint density at radius 3 is 2.81 bits per heavy atom. The summed E-state index contributed by atoms with van der Waals surface area (Å²) in [5, 5.41) is 10.5. The van der Waals surface area contributed by atoms with Crippen molar-refractivity contribution in [2.24, 2.45) is 5.92 Å². The van der Waals surface area contributed by atoms with Gasteiger partial charge in [0.1, 0.15) is 11.6 Å². The quantitative estimate of drug-likeness (QED) is 0.903. The van der Waals surface area contributed by atoms with Gasteiger partial charge < -0.3 is 9.84 Å². The van der Waals surface area contributed by atoms with E-state index in [9.17, 15) is 13.9 Å². The fourth-order valence-electron chi connectivity index (χ4n) is 3.42. The third-order valence-corrected chi connectivity index (χ3v) is 5.64. The number of aliphatic hydroxyl groups excluding tert-OH is 1. The predicted molar refractivity (Wildman–Crippen MR) is 79.3 cm³/mol. The van der Waals surface area contributed by atoms with Crippen LogP contribution in [0.15, 0.2) is 18.2 Å². The maximum absolute atomic E-state index is 13.8. The number of thioether (sulfide) groups is 1. The van der Waals surface area contributed by atoms with E-state index in [1.807, 2.05) is 11.8 Å². The van der Waals surface area contributed by atoms with Gasteiger partial charge in [0.2, 0.25) is 0 Å². The number of ether oxygens (including phenoxy) is 1. The molecule has 1 aromatic rings. The second kappa shape index (κ2) is 6.23. The minimum atomic E-state index is -0.962. The Balaban J connectivity index is 1.77. The van der Waals surface area contributed by atoms with Gasteiger partial charge in [0, 0.05) is 12.2 Å². The Hall–Kier alpha value is -0.650. The summed E-state index contributed by atoms with van der Waals surface area (Å²) in [6.07, 6.45) is 2.41. The van der Waals surface area contributed by atoms with Crippen molar-refractivity contribution >= 4 is 11.8 Å². The van der Waals surface area contributed by atoms with E-state index >= 15 is 0 Å². The number of rotatable bonds is 2. The number of aliphatic hydroxyl groups is 1. The third kappa shape index (κ3) is 3.25. The molecule has 0 radical (unpaired) electrons. The van der Waals surface area contributed by atoms with Crippen molar-refractivity contribution < 1.29 is 18.6 Å². The van der Waals surface area contributed by atoms with Gasteiger partial charge in [-0.05, 0) is 61.3 Å². The molecule has 2 aliphatic heterocycles. The van der Waals surface area contributed by atoms with Crippen LogP contribution in [0.2, 0.25) is 0 Å². The van der Waals surface area contributed by atoms with Crippen LogP contribution in [-0.2, 0) is 4.74 Å². The highest BCUT2D eigenvalue weighted by molar-refractivity contribution is 7.99. The van der Waals surface area contributed by atoms with E-state index in [0.29, 0.717) is 13.0 Å². The molecule has 2 fully saturated rings. The molecule has 2 heterocycles. The fourth-order valence-corrected chi connectivity index (χ4v) is 4.66. The first kappa shape index (κ1) is 15.3. The topological polar surface area (TPSA) is 29.5 Å². The van der Waals surface area contributed by atoms with Crippen LogP contribution in [0, 0.1) is 17.6 Å². The molecular weight excluding hydrogens is 294 g/mol. The van der Waals surface area contributed by atoms with Crippen molar-refractivity contribution in [1.82, 2.24) is 0 Å². The van der Waals surface area contributed by atoms with Gasteiger partial charge in [0.15, 0.2) is 0 Å². The van der Waals surface area contributed by atoms with Crippen LogP contribution in [0.4, 0.5) is 8.78 Å². The van der Waals surface area contributed by atoms with Gasteiger partial charge in [-0.15, -0.1) is 0 Å². The summed E-state index contributed by atoms with van der Waals surface area (Å²) in [6.45, 7) is 0.587. The van der Waals surface area contributed by atoms with E-state index in [2.05, 4.69) is 0 Å². The van der Waals surface area contributed by atoms with E-state index in [0.717, 1.165) is 49.0 Å². The molecule has 2 nitrogen and oxygen atoms in total. The summed E-state index contributed by atoms with van der Waals surface area (Å²) < 4.78 is 33.1. The zero-order valence-electron chi connectivity index (χ0n) is 11.9. The molecule has 2 aliphatic rings. The number of halogens is 2. The highest BCUT2D eigenvalue weighted by Gasteiger charge is 2.41. The summed E-state index contributed by atoms with van der Waals surface area (Å²) >= 11 is 1.92. The summed E-state index contributed by atoms with van der Waals surface area (Å²) in [4.78, 5) is 0. The SMILES string of the molecule is OC(c1cc(F)ccc1F)C1CCOC2(CCSCC2)C1. The molecular formula is C16H20F2O2S. The zero-order valence-corrected chi connectivity index (χ0v) is 12.7. The lowest BCUT2D eigenvalue weighted by molar-refractivity contribution is -0.121. The molecule has 0 aliphatic carbocycles. The van der Waals surface area contributed by atoms with E-state index in [4.69, 9.17) is 4.74 Å². The monoisotopic (exact) mass is 314 g/mol. The summed E-state index contributed by atoms with van der Waals surface area (Å²) in [5.74, 6) is 1.01. The van der Waals surface area contributed by atoms with Crippen LogP contribution in [0.1, 0.15) is 37.4 Å². The van der Waals surface area contributed by atoms with Crippen LogP contribution in [0.3, 0.4) is 0 Å². The molecule has 116 valence electrons. The normalized spacial score (nSPS) is 26.7. The predicted octanol–water partition coefficient (Wildman–Crippen LogP) is 3.69. The maximum Gasteiger partial charge on any atom is 0.129 e. The minimum Gasteiger partial charge on any atom is -0.388 e. The highest BCUT2D eigenvalue weighted by Crippen LogP contribution is 2.43. The van der Waals surface area contributed by atoms with Crippen molar-refractivity contribution in [3.8, 4) is 0 Å². The van der Waals surface area contributed by atoms with Crippen molar-refractivity contribution in [2.75, 3.05) is 18.1 Å². The van der Waals surface area contributed by atoms with Gasteiger partial charge in [0.25, 0.3) is 0 Å². The molecule has 0 saturated carbocycles. The molecule has 0 amide bonds. The lowest BCUT2D eigenvalue weighted by atomic mass is 9.78. The lowest BCUT2D eigenvalue weighted by Gasteiger charge is -2.44. The first-order chi connectivity index (χ1) is 10.1. The molecule has 2 unspecified atom stereocenters. The van der Waals surface area contributed by atoms with Crippen LogP contribution in [0.5, 0.6) is 0 Å². The molecule has 1 N–H and O–H groups in total. The Labute approximate surface area is 127 Å². The fraction of sp³-hybridized carbons (Fsp3) is 0.625. The molecule has 2 atom stereocenters. The number of benzene rings is 1. The largest absolute Gasteiger partial charge is 0.388 e. The van der Waals surface area contributed by atoms with E-state index in [-0.39, 0.29) is 17.1 Å².